The SMILES string of the molecule is C=NC(=O)CNC(=O)C1C2CC(C3OC(CCCCCCC)OC23)C1C(=O)NCC(=O)N=C(C)N. The molecule has 1 saturated heterocycles. The number of aliphatic imine (C=N–C) groups is 2. The van der Waals surface area contributed by atoms with Gasteiger partial charge in [0.15, 0.2) is 6.29 Å². The van der Waals surface area contributed by atoms with Gasteiger partial charge in [-0.1, -0.05) is 32.6 Å². The standard InChI is InChI=1S/C24H37N5O6/c1-4-5-6-7-8-9-18-34-21-14-10-15(22(21)35-18)20(19(14)23(32)27-11-16(30)26-3)24(33)28-12-17(31)29-13(2)25/h14-15,18-22H,3-12H2,1-2H3,(H,27,32)(H,28,33)(H2,25,29,31). The lowest BCUT2D eigenvalue weighted by Gasteiger charge is -2.34. The number of amides is 4. The van der Waals surface area contributed by atoms with Gasteiger partial charge in [0.2, 0.25) is 11.8 Å². The Kier molecular flexibility index (Phi) is 9.50. The Morgan fingerprint density at radius 2 is 1.46 bits per heavy atom. The molecule has 3 fully saturated rings. The number of nitrogens with zero attached hydrogens (tertiary/aromatic N) is 2. The van der Waals surface area contributed by atoms with Gasteiger partial charge in [-0.15, -0.1) is 0 Å². The molecule has 3 aliphatic rings. The molecule has 0 aromatic heterocycles. The van der Waals surface area contributed by atoms with Gasteiger partial charge >= 0.3 is 0 Å². The number of carbonyl (C=O) groups excluding carboxylic acids is 4. The van der Waals surface area contributed by atoms with Crippen LogP contribution in [-0.4, -0.2) is 67.8 Å². The smallest absolute Gasteiger partial charge is 0.266 e. The fourth-order valence-corrected chi connectivity index (χ4v) is 5.66. The molecule has 0 spiro atoms. The lowest BCUT2D eigenvalue weighted by molar-refractivity contribution is -0.141. The molecule has 11 nitrogen and oxygen atoms in total. The van der Waals surface area contributed by atoms with Gasteiger partial charge in [0.25, 0.3) is 11.8 Å². The van der Waals surface area contributed by atoms with Gasteiger partial charge in [-0.2, -0.15) is 4.99 Å². The summed E-state index contributed by atoms with van der Waals surface area (Å²) >= 11 is 0. The number of amidine groups is 1. The van der Waals surface area contributed by atoms with Gasteiger partial charge in [0.05, 0.1) is 43.0 Å². The molecule has 2 saturated carbocycles. The summed E-state index contributed by atoms with van der Waals surface area (Å²) in [5, 5.41) is 5.17. The number of ether oxygens (including phenoxy) is 2. The van der Waals surface area contributed by atoms with Crippen LogP contribution in [0.25, 0.3) is 0 Å². The molecule has 11 heteroatoms. The fourth-order valence-electron chi connectivity index (χ4n) is 5.66. The predicted octanol–water partition coefficient (Wildman–Crippen LogP) is 0.702. The van der Waals surface area contributed by atoms with E-state index in [0.29, 0.717) is 6.42 Å². The molecule has 0 aromatic rings. The van der Waals surface area contributed by atoms with Crippen LogP contribution in [0.15, 0.2) is 9.98 Å². The lowest BCUT2D eigenvalue weighted by atomic mass is 9.75. The molecule has 1 aliphatic heterocycles. The third-order valence-corrected chi connectivity index (χ3v) is 7.09. The van der Waals surface area contributed by atoms with E-state index in [1.54, 1.807) is 0 Å². The highest BCUT2D eigenvalue weighted by Gasteiger charge is 2.66. The van der Waals surface area contributed by atoms with Crippen molar-refractivity contribution in [2.75, 3.05) is 13.1 Å². The number of rotatable bonds is 12. The van der Waals surface area contributed by atoms with Gasteiger partial charge in [0, 0.05) is 11.8 Å². The monoisotopic (exact) mass is 491 g/mol. The molecule has 4 amide bonds. The molecule has 35 heavy (non-hydrogen) atoms. The van der Waals surface area contributed by atoms with Crippen LogP contribution in [-0.2, 0) is 28.7 Å². The van der Waals surface area contributed by atoms with Crippen molar-refractivity contribution >= 4 is 36.2 Å². The molecule has 1 heterocycles. The van der Waals surface area contributed by atoms with Crippen molar-refractivity contribution in [2.24, 2.45) is 39.4 Å². The number of fused-ring (bicyclic) bond motifs is 5. The topological polar surface area (TPSA) is 162 Å². The van der Waals surface area contributed by atoms with E-state index in [0.717, 1.165) is 19.3 Å². The van der Waals surface area contributed by atoms with E-state index in [-0.39, 0.29) is 49.3 Å². The van der Waals surface area contributed by atoms with Crippen LogP contribution in [0.2, 0.25) is 0 Å². The highest BCUT2D eigenvalue weighted by atomic mass is 16.7. The Morgan fingerprint density at radius 1 is 0.914 bits per heavy atom. The second kappa shape index (κ2) is 12.3. The van der Waals surface area contributed by atoms with Crippen molar-refractivity contribution in [3.63, 3.8) is 0 Å². The van der Waals surface area contributed by atoms with Crippen molar-refractivity contribution < 1.29 is 28.7 Å². The predicted molar refractivity (Wildman–Crippen MR) is 128 cm³/mol. The van der Waals surface area contributed by atoms with Crippen LogP contribution in [0.3, 0.4) is 0 Å². The zero-order valence-corrected chi connectivity index (χ0v) is 20.5. The van der Waals surface area contributed by atoms with Crippen molar-refractivity contribution in [3.8, 4) is 0 Å². The first-order valence-corrected chi connectivity index (χ1v) is 12.5. The minimum Gasteiger partial charge on any atom is -0.387 e. The maximum absolute atomic E-state index is 13.2. The maximum Gasteiger partial charge on any atom is 0.266 e. The Bertz CT molecular complexity index is 857. The quantitative estimate of drug-likeness (QED) is 0.206. The van der Waals surface area contributed by atoms with Gasteiger partial charge in [-0.05, 0) is 32.9 Å². The summed E-state index contributed by atoms with van der Waals surface area (Å²) in [7, 11) is 0. The van der Waals surface area contributed by atoms with Gasteiger partial charge < -0.3 is 25.8 Å². The molecular formula is C24H37N5O6. The van der Waals surface area contributed by atoms with Crippen molar-refractivity contribution in [1.82, 2.24) is 10.6 Å². The summed E-state index contributed by atoms with van der Waals surface area (Å²) in [4.78, 5) is 56.6. The average Bonchev–Trinajstić information content (AvgIpc) is 3.50. The minimum absolute atomic E-state index is 0.0991. The fraction of sp³-hybridized carbons (Fsp3) is 0.750. The molecule has 4 N–H and O–H groups in total. The summed E-state index contributed by atoms with van der Waals surface area (Å²) in [6, 6.07) is 0. The van der Waals surface area contributed by atoms with Crippen LogP contribution >= 0.6 is 0 Å². The summed E-state index contributed by atoms with van der Waals surface area (Å²) in [5.74, 6) is -3.75. The molecule has 0 radical (unpaired) electrons. The molecule has 194 valence electrons. The van der Waals surface area contributed by atoms with Gasteiger partial charge in [-0.25, -0.2) is 4.99 Å². The van der Waals surface area contributed by atoms with Gasteiger partial charge in [0.1, 0.15) is 0 Å². The lowest BCUT2D eigenvalue weighted by Crippen LogP contribution is -2.52. The Morgan fingerprint density at radius 3 is 1.97 bits per heavy atom. The van der Waals surface area contributed by atoms with Crippen LogP contribution in [0.5, 0.6) is 0 Å². The average molecular weight is 492 g/mol. The summed E-state index contributed by atoms with van der Waals surface area (Å²) < 4.78 is 12.4. The molecule has 7 unspecified atom stereocenters. The van der Waals surface area contributed by atoms with Gasteiger partial charge in [-0.3, -0.25) is 19.2 Å². The number of hydrogen-bond donors (Lipinski definition) is 3. The first-order chi connectivity index (χ1) is 16.8. The number of unbranched alkanes of at least 4 members (excludes halogenated alkanes) is 4. The van der Waals surface area contributed by atoms with Crippen molar-refractivity contribution in [3.05, 3.63) is 0 Å². The van der Waals surface area contributed by atoms with Crippen molar-refractivity contribution in [2.45, 2.75) is 77.3 Å². The van der Waals surface area contributed by atoms with Crippen LogP contribution in [0.4, 0.5) is 0 Å². The molecule has 0 aromatic carbocycles. The number of nitrogens with one attached hydrogen (secondary N) is 2. The summed E-state index contributed by atoms with van der Waals surface area (Å²) in [5.41, 5.74) is 5.43. The Balaban J connectivity index is 1.68. The van der Waals surface area contributed by atoms with E-state index in [2.05, 4.69) is 34.3 Å². The summed E-state index contributed by atoms with van der Waals surface area (Å²) in [6.07, 6.45) is 6.12. The van der Waals surface area contributed by atoms with Crippen LogP contribution in [0, 0.1) is 23.7 Å². The van der Waals surface area contributed by atoms with Crippen molar-refractivity contribution in [1.29, 1.82) is 0 Å². The largest absolute Gasteiger partial charge is 0.387 e. The third-order valence-electron chi connectivity index (χ3n) is 7.09. The van der Waals surface area contributed by atoms with E-state index in [1.807, 2.05) is 0 Å². The molecular weight excluding hydrogens is 454 g/mol. The maximum atomic E-state index is 13.2. The second-order valence-corrected chi connectivity index (χ2v) is 9.58. The van der Waals surface area contributed by atoms with Crippen LogP contribution in [0.1, 0.15) is 58.8 Å². The highest BCUT2D eigenvalue weighted by Crippen LogP contribution is 2.57. The number of carbonyl (C=O) groups is 4. The zero-order chi connectivity index (χ0) is 25.5. The van der Waals surface area contributed by atoms with Crippen LogP contribution < -0.4 is 16.4 Å². The van der Waals surface area contributed by atoms with E-state index in [4.69, 9.17) is 15.2 Å². The zero-order valence-electron chi connectivity index (χ0n) is 20.5. The second-order valence-electron chi connectivity index (χ2n) is 9.58. The highest BCUT2D eigenvalue weighted by molar-refractivity contribution is 5.96. The molecule has 2 aliphatic carbocycles. The van der Waals surface area contributed by atoms with E-state index in [9.17, 15) is 19.2 Å². The minimum atomic E-state index is -0.712. The molecule has 7 atom stereocenters. The van der Waals surface area contributed by atoms with E-state index < -0.39 is 35.5 Å². The molecule has 3 rings (SSSR count). The normalized spacial score (nSPS) is 31.1. The first kappa shape index (κ1) is 26.9. The van der Waals surface area contributed by atoms with E-state index >= 15 is 0 Å². The first-order valence-electron chi connectivity index (χ1n) is 12.5. The van der Waals surface area contributed by atoms with E-state index in [1.165, 1.54) is 26.2 Å². The third kappa shape index (κ3) is 6.52. The Labute approximate surface area is 205 Å². The Hall–Kier alpha value is -2.66. The number of nitrogens with two attached hydrogens (primary N) is 1. The summed E-state index contributed by atoms with van der Waals surface area (Å²) in [6.45, 7) is 6.21. The number of hydrogen-bond acceptors (Lipinski definition) is 6. The molecule has 2 bridgehead atoms.